The number of nitrogens with zero attached hydrogens (tertiary/aromatic N) is 1. The zero-order valence-corrected chi connectivity index (χ0v) is 12.8. The lowest BCUT2D eigenvalue weighted by molar-refractivity contribution is 0.0954. The van der Waals surface area contributed by atoms with Crippen LogP contribution in [0.4, 0.5) is 0 Å². The van der Waals surface area contributed by atoms with Crippen LogP contribution in [0.25, 0.3) is 0 Å². The van der Waals surface area contributed by atoms with Gasteiger partial charge in [-0.15, -0.1) is 0 Å². The van der Waals surface area contributed by atoms with Gasteiger partial charge in [-0.3, -0.25) is 4.79 Å². The summed E-state index contributed by atoms with van der Waals surface area (Å²) >= 11 is 0. The molecule has 0 atom stereocenters. The van der Waals surface area contributed by atoms with Crippen LogP contribution in [0, 0.1) is 0 Å². The number of hydrazone groups is 1. The maximum atomic E-state index is 12.1. The molecular weight excluding hydrogens is 280 g/mol. The Bertz CT molecular complexity index is 616. The van der Waals surface area contributed by atoms with E-state index in [0.29, 0.717) is 30.1 Å². The molecule has 22 heavy (non-hydrogen) atoms. The molecule has 0 aliphatic carbocycles. The van der Waals surface area contributed by atoms with Crippen molar-refractivity contribution in [3.63, 3.8) is 0 Å². The van der Waals surface area contributed by atoms with Gasteiger partial charge in [-0.1, -0.05) is 13.8 Å². The molecule has 1 heterocycles. The van der Waals surface area contributed by atoms with E-state index in [1.54, 1.807) is 36.6 Å². The van der Waals surface area contributed by atoms with E-state index in [2.05, 4.69) is 10.5 Å². The summed E-state index contributed by atoms with van der Waals surface area (Å²) in [7, 11) is 0. The summed E-state index contributed by atoms with van der Waals surface area (Å²) in [6.07, 6.45) is 3.19. The number of ether oxygens (including phenoxy) is 1. The number of rotatable bonds is 7. The third-order valence-corrected chi connectivity index (χ3v) is 3.02. The third-order valence-electron chi connectivity index (χ3n) is 3.02. The van der Waals surface area contributed by atoms with E-state index in [1.165, 1.54) is 0 Å². The lowest BCUT2D eigenvalue weighted by Gasteiger charge is -2.06. The quantitative estimate of drug-likeness (QED) is 0.627. The summed E-state index contributed by atoms with van der Waals surface area (Å²) in [5.74, 6) is 1.15. The first-order valence-corrected chi connectivity index (χ1v) is 7.38. The molecule has 0 unspecified atom stereocenters. The Labute approximate surface area is 130 Å². The van der Waals surface area contributed by atoms with Crippen LogP contribution in [0.3, 0.4) is 0 Å². The fourth-order valence-corrected chi connectivity index (χ4v) is 1.86. The van der Waals surface area contributed by atoms with Crippen molar-refractivity contribution in [3.05, 3.63) is 54.0 Å². The predicted octanol–water partition coefficient (Wildman–Crippen LogP) is 3.61. The number of furan rings is 1. The monoisotopic (exact) mass is 300 g/mol. The van der Waals surface area contributed by atoms with E-state index >= 15 is 0 Å². The fraction of sp³-hybridized carbons (Fsp3) is 0.294. The molecule has 5 nitrogen and oxygen atoms in total. The van der Waals surface area contributed by atoms with Crippen molar-refractivity contribution in [2.75, 3.05) is 6.61 Å². The van der Waals surface area contributed by atoms with Gasteiger partial charge in [0, 0.05) is 5.56 Å². The molecule has 0 fully saturated rings. The minimum absolute atomic E-state index is 0.264. The Morgan fingerprint density at radius 1 is 1.23 bits per heavy atom. The van der Waals surface area contributed by atoms with Crippen molar-refractivity contribution >= 4 is 11.6 Å². The Morgan fingerprint density at radius 3 is 2.59 bits per heavy atom. The number of carbonyl (C=O) groups is 1. The van der Waals surface area contributed by atoms with Crippen LogP contribution in [0.1, 0.15) is 42.8 Å². The average molecular weight is 300 g/mol. The van der Waals surface area contributed by atoms with Crippen LogP contribution >= 0.6 is 0 Å². The number of nitrogens with one attached hydrogen (secondary N) is 1. The molecule has 0 bridgehead atoms. The van der Waals surface area contributed by atoms with Gasteiger partial charge in [-0.2, -0.15) is 5.10 Å². The van der Waals surface area contributed by atoms with E-state index in [1.807, 2.05) is 19.9 Å². The first kappa shape index (κ1) is 15.8. The zero-order chi connectivity index (χ0) is 15.8. The van der Waals surface area contributed by atoms with Crippen LogP contribution in [0.5, 0.6) is 5.75 Å². The highest BCUT2D eigenvalue weighted by molar-refractivity contribution is 6.00. The first-order chi connectivity index (χ1) is 10.7. The molecular formula is C17H20N2O3. The van der Waals surface area contributed by atoms with Crippen molar-refractivity contribution in [2.24, 2.45) is 5.10 Å². The molecule has 0 radical (unpaired) electrons. The van der Waals surface area contributed by atoms with Crippen LogP contribution in [-0.2, 0) is 0 Å². The molecule has 1 aromatic heterocycles. The van der Waals surface area contributed by atoms with Crippen molar-refractivity contribution in [1.29, 1.82) is 0 Å². The minimum atomic E-state index is -0.264. The molecule has 0 saturated heterocycles. The highest BCUT2D eigenvalue weighted by Crippen LogP contribution is 2.12. The summed E-state index contributed by atoms with van der Waals surface area (Å²) in [4.78, 5) is 12.1. The smallest absolute Gasteiger partial charge is 0.271 e. The van der Waals surface area contributed by atoms with E-state index in [4.69, 9.17) is 9.15 Å². The molecule has 2 rings (SSSR count). The zero-order valence-electron chi connectivity index (χ0n) is 12.8. The maximum Gasteiger partial charge on any atom is 0.271 e. The van der Waals surface area contributed by atoms with Crippen molar-refractivity contribution < 1.29 is 13.9 Å². The van der Waals surface area contributed by atoms with Gasteiger partial charge in [0.25, 0.3) is 5.91 Å². The predicted molar refractivity (Wildman–Crippen MR) is 85.2 cm³/mol. The van der Waals surface area contributed by atoms with E-state index in [9.17, 15) is 4.79 Å². The summed E-state index contributed by atoms with van der Waals surface area (Å²) in [6, 6.07) is 10.6. The van der Waals surface area contributed by atoms with E-state index in [0.717, 1.165) is 12.2 Å². The Morgan fingerprint density at radius 2 is 2.00 bits per heavy atom. The van der Waals surface area contributed by atoms with E-state index in [-0.39, 0.29) is 5.91 Å². The molecule has 0 saturated carbocycles. The number of benzene rings is 1. The molecule has 1 amide bonds. The van der Waals surface area contributed by atoms with Gasteiger partial charge in [0.1, 0.15) is 17.2 Å². The van der Waals surface area contributed by atoms with Crippen molar-refractivity contribution in [1.82, 2.24) is 5.43 Å². The van der Waals surface area contributed by atoms with Gasteiger partial charge in [-0.05, 0) is 49.2 Å². The Kier molecular flexibility index (Phi) is 5.77. The van der Waals surface area contributed by atoms with Gasteiger partial charge in [0.15, 0.2) is 0 Å². The summed E-state index contributed by atoms with van der Waals surface area (Å²) < 4.78 is 10.8. The van der Waals surface area contributed by atoms with Crippen molar-refractivity contribution in [3.8, 4) is 5.75 Å². The highest BCUT2D eigenvalue weighted by atomic mass is 16.5. The fourth-order valence-electron chi connectivity index (χ4n) is 1.86. The third kappa shape index (κ3) is 4.22. The normalized spacial score (nSPS) is 11.3. The second-order valence-corrected chi connectivity index (χ2v) is 4.70. The lowest BCUT2D eigenvalue weighted by Crippen LogP contribution is -2.19. The largest absolute Gasteiger partial charge is 0.494 e. The van der Waals surface area contributed by atoms with Crippen LogP contribution < -0.4 is 10.2 Å². The number of hydrogen-bond acceptors (Lipinski definition) is 4. The van der Waals surface area contributed by atoms with Gasteiger partial charge in [0.05, 0.1) is 12.9 Å². The minimum Gasteiger partial charge on any atom is -0.494 e. The van der Waals surface area contributed by atoms with Crippen molar-refractivity contribution in [2.45, 2.75) is 26.7 Å². The number of amides is 1. The van der Waals surface area contributed by atoms with E-state index < -0.39 is 0 Å². The van der Waals surface area contributed by atoms with Crippen LogP contribution in [0.15, 0.2) is 52.2 Å². The molecule has 116 valence electrons. The summed E-state index contributed by atoms with van der Waals surface area (Å²) in [5, 5.41) is 4.13. The molecule has 1 N–H and O–H groups in total. The standard InChI is InChI=1S/C17H20N2O3/c1-3-11-21-14-9-7-13(8-10-14)17(20)19-18-15(4-2)16-6-5-12-22-16/h5-10,12H,3-4,11H2,1-2H3,(H,19,20)/b18-15-. The Hall–Kier alpha value is -2.56. The number of hydrogen-bond donors (Lipinski definition) is 1. The lowest BCUT2D eigenvalue weighted by atomic mass is 10.2. The molecule has 1 aromatic carbocycles. The second-order valence-electron chi connectivity index (χ2n) is 4.70. The average Bonchev–Trinajstić information content (AvgIpc) is 3.08. The molecule has 0 spiro atoms. The van der Waals surface area contributed by atoms with Gasteiger partial charge in [-0.25, -0.2) is 5.43 Å². The number of carbonyl (C=O) groups excluding carboxylic acids is 1. The Balaban J connectivity index is 1.99. The highest BCUT2D eigenvalue weighted by Gasteiger charge is 2.08. The first-order valence-electron chi connectivity index (χ1n) is 7.38. The van der Waals surface area contributed by atoms with Crippen LogP contribution in [-0.4, -0.2) is 18.2 Å². The maximum absolute atomic E-state index is 12.1. The molecule has 5 heteroatoms. The summed E-state index contributed by atoms with van der Waals surface area (Å²) in [5.41, 5.74) is 3.77. The van der Waals surface area contributed by atoms with Gasteiger partial charge in [0.2, 0.25) is 0 Å². The topological polar surface area (TPSA) is 63.8 Å². The molecule has 2 aromatic rings. The van der Waals surface area contributed by atoms with Crippen LogP contribution in [0.2, 0.25) is 0 Å². The molecule has 0 aliphatic heterocycles. The molecule has 0 aliphatic rings. The SMILES string of the molecule is CCCOc1ccc(C(=O)N/N=C(/CC)c2ccco2)cc1. The van der Waals surface area contributed by atoms with Gasteiger partial charge < -0.3 is 9.15 Å². The summed E-state index contributed by atoms with van der Waals surface area (Å²) in [6.45, 7) is 4.66. The second kappa shape index (κ2) is 8.02. The van der Waals surface area contributed by atoms with Gasteiger partial charge >= 0.3 is 0 Å².